The lowest BCUT2D eigenvalue weighted by Gasteiger charge is -2.24. The fourth-order valence-electron chi connectivity index (χ4n) is 3.28. The largest absolute Gasteiger partial charge is 0.453 e. The summed E-state index contributed by atoms with van der Waals surface area (Å²) < 4.78 is 45.5. The second-order valence-electron chi connectivity index (χ2n) is 7.13. The van der Waals surface area contributed by atoms with Gasteiger partial charge in [-0.2, -0.15) is 13.8 Å². The van der Waals surface area contributed by atoms with Gasteiger partial charge in [0.15, 0.2) is 6.10 Å². The zero-order valence-corrected chi connectivity index (χ0v) is 17.6. The Balaban J connectivity index is 1.72. The first-order chi connectivity index (χ1) is 15.8. The van der Waals surface area contributed by atoms with Crippen LogP contribution in [0.5, 0.6) is 0 Å². The van der Waals surface area contributed by atoms with E-state index in [1.165, 1.54) is 0 Å². The second kappa shape index (κ2) is 10.5. The molecule has 2 aromatic rings. The highest BCUT2D eigenvalue weighted by Crippen LogP contribution is 2.44. The standard InChI is InChI=1S/C21H23F2N3O7/c1-2-31-20(30)25-15-10-11-26(19(29)24-15)18-21(22,23)17(14(12-27)32-18)33-16(28)9-8-13-6-4-3-5-7-13/h3-7,10-11,14,17-18,27H,2,8-9,12H2,1H3,(H,24,25,29,30)/t14-,17-,18-/m1/s1. The van der Waals surface area contributed by atoms with Crippen LogP contribution in [0.1, 0.15) is 25.1 Å². The van der Waals surface area contributed by atoms with E-state index in [0.717, 1.165) is 17.8 Å². The number of aliphatic hydroxyl groups is 1. The van der Waals surface area contributed by atoms with E-state index in [1.807, 2.05) is 0 Å². The van der Waals surface area contributed by atoms with Gasteiger partial charge >= 0.3 is 23.7 Å². The second-order valence-corrected chi connectivity index (χ2v) is 7.13. The molecule has 0 bridgehead atoms. The summed E-state index contributed by atoms with van der Waals surface area (Å²) in [7, 11) is 0. The van der Waals surface area contributed by atoms with Gasteiger partial charge in [0.25, 0.3) is 0 Å². The van der Waals surface area contributed by atoms with E-state index in [1.54, 1.807) is 37.3 Å². The zero-order valence-electron chi connectivity index (χ0n) is 17.6. The van der Waals surface area contributed by atoms with E-state index in [2.05, 4.69) is 15.0 Å². The molecule has 12 heteroatoms. The number of hydrogen-bond donors (Lipinski definition) is 2. The van der Waals surface area contributed by atoms with Crippen molar-refractivity contribution in [2.45, 2.75) is 44.1 Å². The number of aromatic nitrogens is 2. The molecular formula is C21H23F2N3O7. The molecule has 0 unspecified atom stereocenters. The smallest absolute Gasteiger partial charge is 0.412 e. The van der Waals surface area contributed by atoms with Gasteiger partial charge in [-0.25, -0.2) is 9.59 Å². The van der Waals surface area contributed by atoms with Crippen molar-refractivity contribution in [1.29, 1.82) is 0 Å². The van der Waals surface area contributed by atoms with Gasteiger partial charge in [-0.3, -0.25) is 14.7 Å². The summed E-state index contributed by atoms with van der Waals surface area (Å²) >= 11 is 0. The van der Waals surface area contributed by atoms with Gasteiger partial charge in [0.05, 0.1) is 13.2 Å². The highest BCUT2D eigenvalue weighted by atomic mass is 19.3. The summed E-state index contributed by atoms with van der Waals surface area (Å²) in [5.41, 5.74) is -0.323. The average Bonchev–Trinajstić information content (AvgIpc) is 3.03. The number of ether oxygens (including phenoxy) is 3. The molecule has 1 fully saturated rings. The third-order valence-corrected chi connectivity index (χ3v) is 4.84. The summed E-state index contributed by atoms with van der Waals surface area (Å²) in [5, 5.41) is 11.7. The summed E-state index contributed by atoms with van der Waals surface area (Å²) in [4.78, 5) is 39.5. The van der Waals surface area contributed by atoms with Gasteiger partial charge in [0.1, 0.15) is 11.9 Å². The molecule has 33 heavy (non-hydrogen) atoms. The van der Waals surface area contributed by atoms with Crippen LogP contribution in [-0.2, 0) is 25.4 Å². The van der Waals surface area contributed by atoms with Crippen molar-refractivity contribution in [3.8, 4) is 0 Å². The minimum atomic E-state index is -3.85. The Hall–Kier alpha value is -3.38. The Bertz CT molecular complexity index is 1030. The number of halogens is 2. The Morgan fingerprint density at radius 2 is 2.00 bits per heavy atom. The van der Waals surface area contributed by atoms with Crippen LogP contribution < -0.4 is 11.0 Å². The van der Waals surface area contributed by atoms with E-state index >= 15 is 8.78 Å². The van der Waals surface area contributed by atoms with Gasteiger partial charge < -0.3 is 19.3 Å². The third-order valence-electron chi connectivity index (χ3n) is 4.84. The quantitative estimate of drug-likeness (QED) is 0.563. The van der Waals surface area contributed by atoms with Gasteiger partial charge in [-0.15, -0.1) is 0 Å². The molecule has 1 aromatic heterocycles. The Kier molecular flexibility index (Phi) is 7.71. The van der Waals surface area contributed by atoms with Crippen molar-refractivity contribution in [1.82, 2.24) is 9.55 Å². The van der Waals surface area contributed by atoms with Gasteiger partial charge in [0, 0.05) is 12.6 Å². The van der Waals surface area contributed by atoms with Crippen LogP contribution in [0.4, 0.5) is 19.4 Å². The summed E-state index contributed by atoms with van der Waals surface area (Å²) in [5.74, 6) is -4.96. The summed E-state index contributed by atoms with van der Waals surface area (Å²) in [6.07, 6.45) is -5.65. The van der Waals surface area contributed by atoms with Crippen molar-refractivity contribution in [3.05, 3.63) is 58.6 Å². The maximum atomic E-state index is 15.1. The monoisotopic (exact) mass is 467 g/mol. The van der Waals surface area contributed by atoms with E-state index in [-0.39, 0.29) is 25.3 Å². The first kappa shape index (κ1) is 24.3. The Morgan fingerprint density at radius 3 is 2.64 bits per heavy atom. The lowest BCUT2D eigenvalue weighted by molar-refractivity contribution is -0.176. The van der Waals surface area contributed by atoms with Crippen molar-refractivity contribution in [3.63, 3.8) is 0 Å². The number of alkyl halides is 2. The van der Waals surface area contributed by atoms with Gasteiger partial charge in [-0.1, -0.05) is 30.3 Å². The number of esters is 1. The Labute approximate surface area is 187 Å². The van der Waals surface area contributed by atoms with E-state index in [0.29, 0.717) is 4.57 Å². The van der Waals surface area contributed by atoms with E-state index in [9.17, 15) is 19.5 Å². The molecule has 0 spiro atoms. The van der Waals surface area contributed by atoms with Crippen LogP contribution in [0.2, 0.25) is 0 Å². The number of hydrogen-bond acceptors (Lipinski definition) is 8. The van der Waals surface area contributed by atoms with Crippen molar-refractivity contribution in [2.75, 3.05) is 18.5 Å². The molecular weight excluding hydrogens is 444 g/mol. The molecule has 2 heterocycles. The maximum absolute atomic E-state index is 15.1. The molecule has 10 nitrogen and oxygen atoms in total. The molecule has 1 amide bonds. The van der Waals surface area contributed by atoms with Crippen LogP contribution in [0.15, 0.2) is 47.4 Å². The summed E-state index contributed by atoms with van der Waals surface area (Å²) in [6, 6.07) is 10.0. The average molecular weight is 467 g/mol. The number of rotatable bonds is 8. The first-order valence-electron chi connectivity index (χ1n) is 10.2. The number of anilines is 1. The number of nitrogens with zero attached hydrogens (tertiary/aromatic N) is 2. The fraction of sp³-hybridized carbons (Fsp3) is 0.429. The zero-order chi connectivity index (χ0) is 24.0. The SMILES string of the molecule is CCOC(=O)Nc1ccn([C@@H]2O[C@H](CO)[C@@H](OC(=O)CCc3ccccc3)C2(F)F)c(=O)n1. The number of aryl methyl sites for hydroxylation is 1. The number of nitrogens with one attached hydrogen (secondary N) is 1. The van der Waals surface area contributed by atoms with Gasteiger partial charge in [0.2, 0.25) is 6.23 Å². The number of carbonyl (C=O) groups excluding carboxylic acids is 2. The molecule has 0 aliphatic carbocycles. The lowest BCUT2D eigenvalue weighted by atomic mass is 10.1. The van der Waals surface area contributed by atoms with E-state index < -0.39 is 48.7 Å². The molecule has 0 radical (unpaired) electrons. The number of aliphatic hydroxyl groups excluding tert-OH is 1. The Morgan fingerprint density at radius 1 is 1.27 bits per heavy atom. The van der Waals surface area contributed by atoms with E-state index in [4.69, 9.17) is 9.47 Å². The third kappa shape index (κ3) is 5.71. The fourth-order valence-corrected chi connectivity index (χ4v) is 3.28. The minimum absolute atomic E-state index is 0.0824. The molecule has 2 N–H and O–H groups in total. The van der Waals surface area contributed by atoms with Crippen molar-refractivity contribution < 1.29 is 37.7 Å². The molecule has 1 aromatic carbocycles. The molecule has 3 rings (SSSR count). The van der Waals surface area contributed by atoms with Gasteiger partial charge in [-0.05, 0) is 25.0 Å². The predicted octanol–water partition coefficient (Wildman–Crippen LogP) is 1.88. The summed E-state index contributed by atoms with van der Waals surface area (Å²) in [6.45, 7) is 0.791. The molecule has 1 saturated heterocycles. The first-order valence-corrected chi connectivity index (χ1v) is 10.2. The lowest BCUT2D eigenvalue weighted by Crippen LogP contribution is -2.44. The molecule has 1 aliphatic heterocycles. The topological polar surface area (TPSA) is 129 Å². The maximum Gasteiger partial charge on any atom is 0.412 e. The highest BCUT2D eigenvalue weighted by molar-refractivity contribution is 5.83. The van der Waals surface area contributed by atoms with Crippen molar-refractivity contribution >= 4 is 17.9 Å². The number of carbonyl (C=O) groups is 2. The number of amides is 1. The number of benzene rings is 1. The minimum Gasteiger partial charge on any atom is -0.453 e. The molecule has 3 atom stereocenters. The van der Waals surface area contributed by atoms with Crippen LogP contribution in [0.25, 0.3) is 0 Å². The van der Waals surface area contributed by atoms with Crippen molar-refractivity contribution in [2.24, 2.45) is 0 Å². The molecule has 1 aliphatic rings. The van der Waals surface area contributed by atoms with Crippen LogP contribution in [0.3, 0.4) is 0 Å². The van der Waals surface area contributed by atoms with Crippen LogP contribution >= 0.6 is 0 Å². The highest BCUT2D eigenvalue weighted by Gasteiger charge is 2.62. The molecule has 0 saturated carbocycles. The predicted molar refractivity (Wildman–Crippen MR) is 110 cm³/mol. The normalized spacial score (nSPS) is 21.4. The van der Waals surface area contributed by atoms with Crippen LogP contribution in [-0.4, -0.2) is 58.1 Å². The molecule has 178 valence electrons. The van der Waals surface area contributed by atoms with Crippen LogP contribution in [0, 0.1) is 0 Å².